The number of amides is 1. The van der Waals surface area contributed by atoms with Crippen LogP contribution in [0.4, 0.5) is 10.5 Å². The van der Waals surface area contributed by atoms with Crippen LogP contribution in [0.2, 0.25) is 0 Å². The van der Waals surface area contributed by atoms with Gasteiger partial charge in [-0.25, -0.2) is 4.79 Å². The summed E-state index contributed by atoms with van der Waals surface area (Å²) in [4.78, 5) is 34.6. The first-order valence-electron chi connectivity index (χ1n) is 7.46. The Morgan fingerprint density at radius 2 is 1.70 bits per heavy atom. The van der Waals surface area contributed by atoms with Crippen molar-refractivity contribution in [3.63, 3.8) is 0 Å². The molecule has 0 saturated carbocycles. The number of hydrogen-bond donors (Lipinski definition) is 1. The van der Waals surface area contributed by atoms with Crippen LogP contribution >= 0.6 is 0 Å². The molecule has 0 spiro atoms. The van der Waals surface area contributed by atoms with Crippen molar-refractivity contribution in [2.45, 2.75) is 46.1 Å². The lowest BCUT2D eigenvalue weighted by Gasteiger charge is -2.19. The summed E-state index contributed by atoms with van der Waals surface area (Å²) in [5.74, 6) is -0.725. The fourth-order valence-corrected chi connectivity index (χ4v) is 1.79. The molecule has 1 aromatic carbocycles. The number of ether oxygens (including phenoxy) is 2. The number of rotatable bonds is 6. The van der Waals surface area contributed by atoms with Crippen LogP contribution in [-0.2, 0) is 25.5 Å². The van der Waals surface area contributed by atoms with E-state index >= 15 is 0 Å². The van der Waals surface area contributed by atoms with Gasteiger partial charge in [-0.3, -0.25) is 14.9 Å². The predicted octanol–water partition coefficient (Wildman–Crippen LogP) is 3.10. The minimum Gasteiger partial charge on any atom is -0.466 e. The highest BCUT2D eigenvalue weighted by molar-refractivity contribution is 5.96. The Morgan fingerprint density at radius 3 is 2.22 bits per heavy atom. The maximum absolute atomic E-state index is 11.7. The highest BCUT2D eigenvalue weighted by atomic mass is 16.6. The summed E-state index contributed by atoms with van der Waals surface area (Å²) in [5.41, 5.74) is 0.763. The smallest absolute Gasteiger partial charge is 0.412 e. The molecular formula is C17H23NO5. The lowest BCUT2D eigenvalue weighted by molar-refractivity contribution is -0.145. The minimum absolute atomic E-state index is 0.144. The van der Waals surface area contributed by atoms with E-state index in [1.165, 1.54) is 0 Å². The first kappa shape index (κ1) is 18.7. The topological polar surface area (TPSA) is 81.7 Å². The highest BCUT2D eigenvalue weighted by Gasteiger charge is 2.16. The molecule has 1 amide bonds. The fourth-order valence-electron chi connectivity index (χ4n) is 1.79. The molecule has 0 radical (unpaired) electrons. The summed E-state index contributed by atoms with van der Waals surface area (Å²) in [6, 6.07) is 6.79. The molecule has 0 aliphatic rings. The van der Waals surface area contributed by atoms with E-state index in [4.69, 9.17) is 9.47 Å². The molecule has 0 unspecified atom stereocenters. The second kappa shape index (κ2) is 8.31. The Bertz CT molecular complexity index is 557. The molecule has 1 N–H and O–H groups in total. The molecule has 0 bridgehead atoms. The summed E-state index contributed by atoms with van der Waals surface area (Å²) in [7, 11) is 0. The molecule has 0 aliphatic carbocycles. The van der Waals surface area contributed by atoms with Gasteiger partial charge in [-0.05, 0) is 45.4 Å². The molecule has 23 heavy (non-hydrogen) atoms. The molecule has 0 atom stereocenters. The quantitative estimate of drug-likeness (QED) is 0.643. The summed E-state index contributed by atoms with van der Waals surface area (Å²) in [6.07, 6.45) is -0.624. The zero-order valence-corrected chi connectivity index (χ0v) is 14.0. The van der Waals surface area contributed by atoms with Gasteiger partial charge in [0, 0.05) is 12.1 Å². The molecule has 1 rings (SSSR count). The van der Waals surface area contributed by atoms with E-state index < -0.39 is 17.7 Å². The van der Waals surface area contributed by atoms with Gasteiger partial charge in [0.25, 0.3) is 0 Å². The highest BCUT2D eigenvalue weighted by Crippen LogP contribution is 2.13. The number of carbonyl (C=O) groups excluding carboxylic acids is 3. The molecule has 0 heterocycles. The van der Waals surface area contributed by atoms with Gasteiger partial charge in [-0.2, -0.15) is 0 Å². The molecule has 0 saturated heterocycles. The Balaban J connectivity index is 2.52. The number of hydrogen-bond acceptors (Lipinski definition) is 5. The van der Waals surface area contributed by atoms with E-state index in [1.807, 2.05) is 0 Å². The Labute approximate surface area is 136 Å². The average Bonchev–Trinajstić information content (AvgIpc) is 2.38. The number of carbonyl (C=O) groups is 3. The van der Waals surface area contributed by atoms with Crippen molar-refractivity contribution in [1.29, 1.82) is 0 Å². The number of esters is 1. The van der Waals surface area contributed by atoms with Crippen LogP contribution in [0.3, 0.4) is 0 Å². The van der Waals surface area contributed by atoms with Crippen molar-refractivity contribution in [3.05, 3.63) is 29.8 Å². The zero-order chi connectivity index (χ0) is 17.5. The van der Waals surface area contributed by atoms with E-state index in [0.29, 0.717) is 5.69 Å². The average molecular weight is 321 g/mol. The third-order valence-electron chi connectivity index (χ3n) is 2.65. The van der Waals surface area contributed by atoms with Gasteiger partial charge in [-0.15, -0.1) is 0 Å². The van der Waals surface area contributed by atoms with Crippen molar-refractivity contribution in [2.24, 2.45) is 0 Å². The molecule has 0 aliphatic heterocycles. The fraction of sp³-hybridized carbons (Fsp3) is 0.471. The lowest BCUT2D eigenvalue weighted by atomic mass is 10.1. The van der Waals surface area contributed by atoms with E-state index in [2.05, 4.69) is 5.32 Å². The molecule has 0 aromatic heterocycles. The maximum Gasteiger partial charge on any atom is 0.412 e. The Morgan fingerprint density at radius 1 is 1.09 bits per heavy atom. The van der Waals surface area contributed by atoms with Gasteiger partial charge >= 0.3 is 12.1 Å². The summed E-state index contributed by atoms with van der Waals surface area (Å²) < 4.78 is 9.88. The van der Waals surface area contributed by atoms with Crippen LogP contribution in [0.1, 0.15) is 39.7 Å². The number of benzene rings is 1. The SMILES string of the molecule is CCOC(=O)CC(=O)Cc1ccc(NC(=O)OC(C)(C)C)cc1. The molecule has 0 fully saturated rings. The van der Waals surface area contributed by atoms with E-state index in [1.54, 1.807) is 52.0 Å². The normalized spacial score (nSPS) is 10.8. The van der Waals surface area contributed by atoms with Crippen LogP contribution in [0.5, 0.6) is 0 Å². The number of ketones is 1. The third-order valence-corrected chi connectivity index (χ3v) is 2.65. The second-order valence-corrected chi connectivity index (χ2v) is 6.02. The van der Waals surface area contributed by atoms with Gasteiger partial charge in [0.1, 0.15) is 17.8 Å². The van der Waals surface area contributed by atoms with Crippen molar-refractivity contribution in [1.82, 2.24) is 0 Å². The standard InChI is InChI=1S/C17H23NO5/c1-5-22-15(20)11-14(19)10-12-6-8-13(9-7-12)18-16(21)23-17(2,3)4/h6-9H,5,10-11H2,1-4H3,(H,18,21). The van der Waals surface area contributed by atoms with Gasteiger partial charge in [0.2, 0.25) is 0 Å². The van der Waals surface area contributed by atoms with Gasteiger partial charge in [0.05, 0.1) is 6.61 Å². The van der Waals surface area contributed by atoms with E-state index in [0.717, 1.165) is 5.56 Å². The lowest BCUT2D eigenvalue weighted by Crippen LogP contribution is -2.27. The number of Topliss-reactive ketones (excluding diaryl/α,β-unsaturated/α-hetero) is 1. The summed E-state index contributed by atoms with van der Waals surface area (Å²) in [6.45, 7) is 7.30. The third kappa shape index (κ3) is 7.99. The maximum atomic E-state index is 11.7. The molecular weight excluding hydrogens is 298 g/mol. The van der Waals surface area contributed by atoms with Crippen molar-refractivity contribution in [3.8, 4) is 0 Å². The van der Waals surface area contributed by atoms with Crippen LogP contribution in [-0.4, -0.2) is 30.1 Å². The van der Waals surface area contributed by atoms with Crippen LogP contribution < -0.4 is 5.32 Å². The van der Waals surface area contributed by atoms with E-state index in [-0.39, 0.29) is 25.2 Å². The van der Waals surface area contributed by atoms with Crippen molar-refractivity contribution >= 4 is 23.5 Å². The summed E-state index contributed by atoms with van der Waals surface area (Å²) in [5, 5.41) is 2.61. The molecule has 1 aromatic rings. The Kier molecular flexibility index (Phi) is 6.75. The first-order valence-corrected chi connectivity index (χ1v) is 7.46. The number of nitrogens with one attached hydrogen (secondary N) is 1. The van der Waals surface area contributed by atoms with Crippen LogP contribution in [0.25, 0.3) is 0 Å². The number of anilines is 1. The Hall–Kier alpha value is -2.37. The van der Waals surface area contributed by atoms with Crippen LogP contribution in [0, 0.1) is 0 Å². The van der Waals surface area contributed by atoms with Gasteiger partial charge in [0.15, 0.2) is 0 Å². The van der Waals surface area contributed by atoms with Gasteiger partial charge in [-0.1, -0.05) is 12.1 Å². The second-order valence-electron chi connectivity index (χ2n) is 6.02. The molecule has 6 heteroatoms. The van der Waals surface area contributed by atoms with Crippen molar-refractivity contribution < 1.29 is 23.9 Å². The molecule has 6 nitrogen and oxygen atoms in total. The zero-order valence-electron chi connectivity index (χ0n) is 14.0. The van der Waals surface area contributed by atoms with E-state index in [9.17, 15) is 14.4 Å². The summed E-state index contributed by atoms with van der Waals surface area (Å²) >= 11 is 0. The first-order chi connectivity index (χ1) is 10.7. The predicted molar refractivity (Wildman–Crippen MR) is 86.3 cm³/mol. The van der Waals surface area contributed by atoms with Crippen molar-refractivity contribution in [2.75, 3.05) is 11.9 Å². The van der Waals surface area contributed by atoms with Crippen LogP contribution in [0.15, 0.2) is 24.3 Å². The monoisotopic (exact) mass is 321 g/mol. The molecule has 126 valence electrons. The minimum atomic E-state index is -0.566. The van der Waals surface area contributed by atoms with Gasteiger partial charge < -0.3 is 9.47 Å². The largest absolute Gasteiger partial charge is 0.466 e.